The number of hydrogen-bond donors (Lipinski definition) is 4. The van der Waals surface area contributed by atoms with Gasteiger partial charge in [0.1, 0.15) is 5.60 Å². The maximum Gasteiger partial charge on any atom is 0.407 e. The number of benzene rings is 1. The number of amides is 3. The van der Waals surface area contributed by atoms with Crippen molar-refractivity contribution >= 4 is 23.5 Å². The molecular weight excluding hydrogens is 508 g/mol. The van der Waals surface area contributed by atoms with E-state index in [9.17, 15) is 14.4 Å². The number of aryl methyl sites for hydroxylation is 2. The molecule has 0 radical (unpaired) electrons. The lowest BCUT2D eigenvalue weighted by Crippen LogP contribution is -2.47. The fourth-order valence-corrected chi connectivity index (χ4v) is 4.66. The summed E-state index contributed by atoms with van der Waals surface area (Å²) in [4.78, 5) is 46.4. The fraction of sp³-hybridized carbons (Fsp3) is 0.500. The molecular formula is C30H42N6O4. The molecule has 0 atom stereocenters. The summed E-state index contributed by atoms with van der Waals surface area (Å²) in [5.41, 5.74) is 15.6. The maximum atomic E-state index is 12.7. The molecule has 10 nitrogen and oxygen atoms in total. The van der Waals surface area contributed by atoms with Crippen LogP contribution in [-0.4, -0.2) is 39.5 Å². The number of hydrazine groups is 1. The highest BCUT2D eigenvalue weighted by molar-refractivity contribution is 5.95. The molecule has 1 aromatic carbocycles. The van der Waals surface area contributed by atoms with Crippen LogP contribution in [0.3, 0.4) is 0 Å². The number of allylic oxidation sites excluding steroid dienone is 2. The Morgan fingerprint density at radius 3 is 2.12 bits per heavy atom. The topological polar surface area (TPSA) is 148 Å². The second kappa shape index (κ2) is 13.4. The summed E-state index contributed by atoms with van der Waals surface area (Å²) in [5, 5.41) is 2.87. The van der Waals surface area contributed by atoms with Gasteiger partial charge < -0.3 is 15.8 Å². The average Bonchev–Trinajstić information content (AvgIpc) is 2.88. The number of alkyl carbamates (subject to hydrolysis) is 1. The molecule has 0 aliphatic heterocycles. The molecule has 3 rings (SSSR count). The highest BCUT2D eigenvalue weighted by atomic mass is 16.6. The first kappa shape index (κ1) is 30.6. The van der Waals surface area contributed by atoms with Gasteiger partial charge in [-0.2, -0.15) is 0 Å². The second-order valence-electron chi connectivity index (χ2n) is 11.3. The fourth-order valence-electron chi connectivity index (χ4n) is 4.66. The van der Waals surface area contributed by atoms with Crippen molar-refractivity contribution in [3.8, 4) is 0 Å². The van der Waals surface area contributed by atoms with Crippen molar-refractivity contribution < 1.29 is 19.1 Å². The van der Waals surface area contributed by atoms with Crippen molar-refractivity contribution in [1.29, 1.82) is 0 Å². The third-order valence-electron chi connectivity index (χ3n) is 6.74. The Morgan fingerprint density at radius 1 is 0.975 bits per heavy atom. The third kappa shape index (κ3) is 9.07. The highest BCUT2D eigenvalue weighted by Crippen LogP contribution is 2.25. The van der Waals surface area contributed by atoms with Crippen LogP contribution in [0.5, 0.6) is 0 Å². The van der Waals surface area contributed by atoms with Crippen LogP contribution >= 0.6 is 0 Å². The Morgan fingerprint density at radius 2 is 1.57 bits per heavy atom. The van der Waals surface area contributed by atoms with E-state index in [2.05, 4.69) is 26.1 Å². The quantitative estimate of drug-likeness (QED) is 0.376. The smallest absolute Gasteiger partial charge is 0.407 e. The zero-order valence-corrected chi connectivity index (χ0v) is 24.4. The first-order valence-corrected chi connectivity index (χ1v) is 13.8. The van der Waals surface area contributed by atoms with Gasteiger partial charge in [-0.15, -0.1) is 0 Å². The molecule has 216 valence electrons. The summed E-state index contributed by atoms with van der Waals surface area (Å²) in [5.74, 6) is -0.252. The first-order chi connectivity index (χ1) is 18.8. The Labute approximate surface area is 236 Å². The number of rotatable bonds is 7. The summed E-state index contributed by atoms with van der Waals surface area (Å²) in [7, 11) is 0. The normalized spacial score (nSPS) is 17.9. The summed E-state index contributed by atoms with van der Waals surface area (Å²) >= 11 is 0. The predicted molar refractivity (Wildman–Crippen MR) is 154 cm³/mol. The molecule has 0 saturated heterocycles. The van der Waals surface area contributed by atoms with Gasteiger partial charge in [-0.3, -0.25) is 20.4 Å². The van der Waals surface area contributed by atoms with Crippen LogP contribution in [0.25, 0.3) is 5.57 Å². The van der Waals surface area contributed by atoms with E-state index in [1.807, 2.05) is 59.7 Å². The highest BCUT2D eigenvalue weighted by Gasteiger charge is 2.28. The third-order valence-corrected chi connectivity index (χ3v) is 6.74. The van der Waals surface area contributed by atoms with Gasteiger partial charge in [0.2, 0.25) is 5.91 Å². The van der Waals surface area contributed by atoms with E-state index in [1.165, 1.54) is 0 Å². The minimum atomic E-state index is -0.557. The Balaban J connectivity index is 1.51. The molecule has 1 aromatic heterocycles. The first-order valence-electron chi connectivity index (χ1n) is 13.8. The minimum absolute atomic E-state index is 0.0310. The zero-order chi connectivity index (χ0) is 29.4. The van der Waals surface area contributed by atoms with Crippen molar-refractivity contribution in [3.05, 3.63) is 64.4 Å². The van der Waals surface area contributed by atoms with Crippen molar-refractivity contribution in [1.82, 2.24) is 26.1 Å². The summed E-state index contributed by atoms with van der Waals surface area (Å²) in [6, 6.07) is 9.04. The SMILES string of the molecule is CC/C(N)=C(\Cc1ccc(C(=O)NNC(=O)C2CCC(NC(=O)OC(C)(C)C)CC2)cc1)c1nc(C)cc(C)n1. The van der Waals surface area contributed by atoms with Crippen molar-refractivity contribution in [2.24, 2.45) is 11.7 Å². The summed E-state index contributed by atoms with van der Waals surface area (Å²) in [6.07, 6.45) is 3.31. The van der Waals surface area contributed by atoms with Gasteiger partial charge >= 0.3 is 6.09 Å². The molecule has 1 heterocycles. The number of ether oxygens (including phenoxy) is 1. The Hall–Kier alpha value is -3.95. The number of carbonyl (C=O) groups excluding carboxylic acids is 3. The van der Waals surface area contributed by atoms with E-state index in [0.29, 0.717) is 49.9 Å². The number of nitrogens with one attached hydrogen (secondary N) is 3. The van der Waals surface area contributed by atoms with E-state index in [1.54, 1.807) is 12.1 Å². The van der Waals surface area contributed by atoms with Gasteiger partial charge in [0.05, 0.1) is 0 Å². The molecule has 10 heteroatoms. The number of nitrogens with zero attached hydrogens (tertiary/aromatic N) is 2. The largest absolute Gasteiger partial charge is 0.444 e. The van der Waals surface area contributed by atoms with Crippen molar-refractivity contribution in [3.63, 3.8) is 0 Å². The van der Waals surface area contributed by atoms with Gasteiger partial charge in [0.15, 0.2) is 5.82 Å². The van der Waals surface area contributed by atoms with Crippen LogP contribution in [0, 0.1) is 19.8 Å². The lowest BCUT2D eigenvalue weighted by Gasteiger charge is -2.29. The van der Waals surface area contributed by atoms with Gasteiger partial charge in [0, 0.05) is 46.6 Å². The molecule has 2 aromatic rings. The number of nitrogens with two attached hydrogens (primary N) is 1. The Bertz CT molecular complexity index is 1220. The van der Waals surface area contributed by atoms with Crippen LogP contribution in [0.15, 0.2) is 36.0 Å². The maximum absolute atomic E-state index is 12.7. The molecule has 1 aliphatic rings. The monoisotopic (exact) mass is 550 g/mol. The number of carbonyl (C=O) groups is 3. The van der Waals surface area contributed by atoms with E-state index in [-0.39, 0.29) is 17.9 Å². The van der Waals surface area contributed by atoms with Crippen LogP contribution in [0.1, 0.15) is 92.9 Å². The van der Waals surface area contributed by atoms with Gasteiger partial charge in [-0.25, -0.2) is 14.8 Å². The van der Waals surface area contributed by atoms with E-state index in [0.717, 1.165) is 28.2 Å². The van der Waals surface area contributed by atoms with Gasteiger partial charge in [0.25, 0.3) is 5.91 Å². The van der Waals surface area contributed by atoms with Crippen LogP contribution < -0.4 is 21.9 Å². The Kier molecular flexibility index (Phi) is 10.3. The van der Waals surface area contributed by atoms with Crippen LogP contribution in [-0.2, 0) is 16.0 Å². The molecule has 0 bridgehead atoms. The van der Waals surface area contributed by atoms with Gasteiger partial charge in [-0.1, -0.05) is 19.1 Å². The molecule has 0 spiro atoms. The second-order valence-corrected chi connectivity index (χ2v) is 11.3. The van der Waals surface area contributed by atoms with Crippen LogP contribution in [0.4, 0.5) is 4.79 Å². The molecule has 0 unspecified atom stereocenters. The minimum Gasteiger partial charge on any atom is -0.444 e. The predicted octanol–water partition coefficient (Wildman–Crippen LogP) is 4.26. The standard InChI is InChI=1S/C30H42N6O4/c1-7-25(31)24(26-32-18(2)16-19(3)33-26)17-20-8-10-21(11-9-20)27(37)35-36-28(38)22-12-14-23(15-13-22)34-29(39)40-30(4,5)6/h8-11,16,22-23H,7,12-15,17,31H2,1-6H3,(H,34,39)(H,35,37)(H,36,38)/b25-24-. The van der Waals surface area contributed by atoms with Crippen LogP contribution in [0.2, 0.25) is 0 Å². The summed E-state index contributed by atoms with van der Waals surface area (Å²) in [6.45, 7) is 11.3. The van der Waals surface area contributed by atoms with E-state index >= 15 is 0 Å². The molecule has 1 saturated carbocycles. The van der Waals surface area contributed by atoms with E-state index < -0.39 is 17.6 Å². The molecule has 40 heavy (non-hydrogen) atoms. The molecule has 1 fully saturated rings. The number of hydrogen-bond acceptors (Lipinski definition) is 7. The average molecular weight is 551 g/mol. The van der Waals surface area contributed by atoms with Crippen molar-refractivity contribution in [2.75, 3.05) is 0 Å². The van der Waals surface area contributed by atoms with E-state index in [4.69, 9.17) is 10.5 Å². The van der Waals surface area contributed by atoms with Crippen molar-refractivity contribution in [2.45, 2.75) is 91.7 Å². The summed E-state index contributed by atoms with van der Waals surface area (Å²) < 4.78 is 5.30. The van der Waals surface area contributed by atoms with Gasteiger partial charge in [-0.05, 0) is 90.5 Å². The molecule has 1 aliphatic carbocycles. The number of aromatic nitrogens is 2. The molecule has 5 N–H and O–H groups in total. The lowest BCUT2D eigenvalue weighted by molar-refractivity contribution is -0.126. The lowest BCUT2D eigenvalue weighted by atomic mass is 9.85. The molecule has 3 amide bonds. The zero-order valence-electron chi connectivity index (χ0n) is 24.4.